The molecular weight excluding hydrogens is 370 g/mol. The number of rotatable bonds is 9. The van der Waals surface area contributed by atoms with E-state index in [1.807, 2.05) is 13.8 Å². The van der Waals surface area contributed by atoms with Crippen molar-refractivity contribution in [3.8, 4) is 5.75 Å². The van der Waals surface area contributed by atoms with Gasteiger partial charge in [0.25, 0.3) is 11.8 Å². The molecule has 0 bridgehead atoms. The van der Waals surface area contributed by atoms with E-state index < -0.39 is 15.9 Å². The summed E-state index contributed by atoms with van der Waals surface area (Å²) in [5.74, 6) is -1.05. The lowest BCUT2D eigenvalue weighted by molar-refractivity contribution is -0.123. The van der Waals surface area contributed by atoms with Crippen molar-refractivity contribution in [3.05, 3.63) is 23.8 Å². The molecule has 0 unspecified atom stereocenters. The first-order valence-electron chi connectivity index (χ1n) is 9.12. The van der Waals surface area contributed by atoms with Crippen molar-refractivity contribution in [2.24, 2.45) is 5.73 Å². The summed E-state index contributed by atoms with van der Waals surface area (Å²) < 4.78 is 32.1. The van der Waals surface area contributed by atoms with Gasteiger partial charge in [0, 0.05) is 19.1 Å². The summed E-state index contributed by atoms with van der Waals surface area (Å²) in [7, 11) is -3.67. The van der Waals surface area contributed by atoms with Gasteiger partial charge in [-0.05, 0) is 44.4 Å². The normalized spacial score (nSPS) is 16.1. The third-order valence-corrected chi connectivity index (χ3v) is 6.30. The van der Waals surface area contributed by atoms with Crippen molar-refractivity contribution in [3.63, 3.8) is 0 Å². The Balaban J connectivity index is 2.14. The van der Waals surface area contributed by atoms with Gasteiger partial charge in [0.15, 0.2) is 6.61 Å². The molecule has 9 heteroatoms. The van der Waals surface area contributed by atoms with Gasteiger partial charge in [0.1, 0.15) is 5.75 Å². The van der Waals surface area contributed by atoms with E-state index in [-0.39, 0.29) is 34.8 Å². The Hall–Kier alpha value is -2.13. The Morgan fingerprint density at radius 2 is 1.96 bits per heavy atom. The zero-order valence-corrected chi connectivity index (χ0v) is 16.5. The molecule has 1 aliphatic rings. The Morgan fingerprint density at radius 3 is 2.56 bits per heavy atom. The zero-order chi connectivity index (χ0) is 20.0. The Bertz CT molecular complexity index is 788. The van der Waals surface area contributed by atoms with E-state index in [1.165, 1.54) is 22.5 Å². The van der Waals surface area contributed by atoms with E-state index in [1.54, 1.807) is 0 Å². The van der Waals surface area contributed by atoms with E-state index >= 15 is 0 Å². The summed E-state index contributed by atoms with van der Waals surface area (Å²) in [5.41, 5.74) is 5.31. The highest BCUT2D eigenvalue weighted by molar-refractivity contribution is 7.89. The summed E-state index contributed by atoms with van der Waals surface area (Å²) in [4.78, 5) is 23.7. The number of ether oxygens (including phenoxy) is 1. The number of nitrogens with one attached hydrogen (secondary N) is 1. The minimum absolute atomic E-state index is 0.00781. The van der Waals surface area contributed by atoms with Gasteiger partial charge in [-0.2, -0.15) is 4.31 Å². The molecule has 1 saturated heterocycles. The summed E-state index contributed by atoms with van der Waals surface area (Å²) in [5, 5.41) is 2.79. The fourth-order valence-electron chi connectivity index (χ4n) is 3.03. The second kappa shape index (κ2) is 9.18. The number of nitrogens with two attached hydrogens (primary N) is 1. The van der Waals surface area contributed by atoms with E-state index in [0.717, 1.165) is 25.7 Å². The molecule has 0 aliphatic carbocycles. The molecule has 2 amide bonds. The molecule has 1 aromatic carbocycles. The van der Waals surface area contributed by atoms with Crippen LogP contribution in [0.5, 0.6) is 5.75 Å². The summed E-state index contributed by atoms with van der Waals surface area (Å²) in [6.45, 7) is 4.56. The van der Waals surface area contributed by atoms with Crippen LogP contribution >= 0.6 is 0 Å². The van der Waals surface area contributed by atoms with Gasteiger partial charge in [-0.25, -0.2) is 8.42 Å². The predicted octanol–water partition coefficient (Wildman–Crippen LogP) is 1.25. The van der Waals surface area contributed by atoms with Crippen LogP contribution in [0.1, 0.15) is 49.9 Å². The molecule has 3 N–H and O–H groups in total. The van der Waals surface area contributed by atoms with Crippen molar-refractivity contribution < 1.29 is 22.7 Å². The maximum absolute atomic E-state index is 12.6. The molecular formula is C18H27N3O5S. The number of carbonyl (C=O) groups is 2. The van der Waals surface area contributed by atoms with Crippen LogP contribution in [-0.2, 0) is 14.8 Å². The van der Waals surface area contributed by atoms with Crippen molar-refractivity contribution in [1.29, 1.82) is 0 Å². The summed E-state index contributed by atoms with van der Waals surface area (Å²) in [6.07, 6.45) is 3.42. The molecule has 0 spiro atoms. The van der Waals surface area contributed by atoms with Gasteiger partial charge in [-0.15, -0.1) is 0 Å². The number of amides is 2. The minimum atomic E-state index is -3.67. The minimum Gasteiger partial charge on any atom is -0.483 e. The standard InChI is InChI=1S/C18H27N3O5S/c1-3-6-13(2)20-17(22)12-26-16-8-7-14(11-15(16)18(19)23)27(24,25)21-9-4-5-10-21/h7-8,11,13H,3-6,9-10,12H2,1-2H3,(H2,19,23)(H,20,22)/t13-/m0/s1. The molecule has 1 heterocycles. The van der Waals surface area contributed by atoms with Crippen LogP contribution in [0, 0.1) is 0 Å². The topological polar surface area (TPSA) is 119 Å². The molecule has 0 saturated carbocycles. The van der Waals surface area contributed by atoms with Crippen LogP contribution in [0.15, 0.2) is 23.1 Å². The monoisotopic (exact) mass is 397 g/mol. The number of carbonyl (C=O) groups excluding carboxylic acids is 2. The lowest BCUT2D eigenvalue weighted by Crippen LogP contribution is -2.36. The third-order valence-electron chi connectivity index (χ3n) is 4.41. The fourth-order valence-corrected chi connectivity index (χ4v) is 4.57. The number of hydrogen-bond donors (Lipinski definition) is 2. The largest absolute Gasteiger partial charge is 0.483 e. The second-order valence-corrected chi connectivity index (χ2v) is 8.62. The van der Waals surface area contributed by atoms with Crippen LogP contribution in [-0.4, -0.2) is 50.3 Å². The first-order chi connectivity index (χ1) is 12.8. The second-order valence-electron chi connectivity index (χ2n) is 6.68. The highest BCUT2D eigenvalue weighted by Crippen LogP contribution is 2.26. The van der Waals surface area contributed by atoms with Gasteiger partial charge in [0.2, 0.25) is 10.0 Å². The van der Waals surface area contributed by atoms with E-state index in [4.69, 9.17) is 10.5 Å². The van der Waals surface area contributed by atoms with Crippen LogP contribution in [0.4, 0.5) is 0 Å². The Labute approximate surface area is 160 Å². The van der Waals surface area contributed by atoms with E-state index in [2.05, 4.69) is 5.32 Å². The lowest BCUT2D eigenvalue weighted by atomic mass is 10.2. The molecule has 150 valence electrons. The number of nitrogens with zero attached hydrogens (tertiary/aromatic N) is 1. The van der Waals surface area contributed by atoms with Crippen LogP contribution in [0.3, 0.4) is 0 Å². The Kier molecular flexibility index (Phi) is 7.20. The molecule has 27 heavy (non-hydrogen) atoms. The zero-order valence-electron chi connectivity index (χ0n) is 15.7. The molecule has 1 fully saturated rings. The van der Waals surface area contributed by atoms with Crippen LogP contribution < -0.4 is 15.8 Å². The maximum atomic E-state index is 12.6. The average Bonchev–Trinajstić information content (AvgIpc) is 3.15. The van der Waals surface area contributed by atoms with Crippen molar-refractivity contribution in [1.82, 2.24) is 9.62 Å². The van der Waals surface area contributed by atoms with Gasteiger partial charge in [-0.1, -0.05) is 13.3 Å². The summed E-state index contributed by atoms with van der Waals surface area (Å²) >= 11 is 0. The van der Waals surface area contributed by atoms with Crippen molar-refractivity contribution in [2.45, 2.75) is 50.5 Å². The van der Waals surface area contributed by atoms with E-state index in [9.17, 15) is 18.0 Å². The fraction of sp³-hybridized carbons (Fsp3) is 0.556. The van der Waals surface area contributed by atoms with Gasteiger partial charge >= 0.3 is 0 Å². The number of primary amides is 1. The SMILES string of the molecule is CCC[C@H](C)NC(=O)COc1ccc(S(=O)(=O)N2CCCC2)cc1C(N)=O. The van der Waals surface area contributed by atoms with Crippen molar-refractivity contribution >= 4 is 21.8 Å². The van der Waals surface area contributed by atoms with Gasteiger partial charge in [-0.3, -0.25) is 9.59 Å². The first kappa shape index (κ1) is 21.2. The van der Waals surface area contributed by atoms with Crippen LogP contribution in [0.2, 0.25) is 0 Å². The molecule has 8 nitrogen and oxygen atoms in total. The van der Waals surface area contributed by atoms with Gasteiger partial charge in [0.05, 0.1) is 10.5 Å². The van der Waals surface area contributed by atoms with E-state index in [0.29, 0.717) is 13.1 Å². The first-order valence-corrected chi connectivity index (χ1v) is 10.6. The molecule has 1 aromatic rings. The maximum Gasteiger partial charge on any atom is 0.258 e. The number of hydrogen-bond acceptors (Lipinski definition) is 5. The highest BCUT2D eigenvalue weighted by atomic mass is 32.2. The van der Waals surface area contributed by atoms with Gasteiger partial charge < -0.3 is 15.8 Å². The smallest absolute Gasteiger partial charge is 0.258 e. The predicted molar refractivity (Wildman–Crippen MR) is 101 cm³/mol. The number of benzene rings is 1. The Morgan fingerprint density at radius 1 is 1.30 bits per heavy atom. The lowest BCUT2D eigenvalue weighted by Gasteiger charge is -2.17. The third kappa shape index (κ3) is 5.43. The number of sulfonamides is 1. The molecule has 1 aliphatic heterocycles. The average molecular weight is 397 g/mol. The molecule has 1 atom stereocenters. The van der Waals surface area contributed by atoms with Crippen LogP contribution in [0.25, 0.3) is 0 Å². The summed E-state index contributed by atoms with van der Waals surface area (Å²) in [6, 6.07) is 3.97. The quantitative estimate of drug-likeness (QED) is 0.650. The van der Waals surface area contributed by atoms with Crippen molar-refractivity contribution in [2.75, 3.05) is 19.7 Å². The molecule has 2 rings (SSSR count). The highest BCUT2D eigenvalue weighted by Gasteiger charge is 2.28. The molecule has 0 radical (unpaired) electrons. The molecule has 0 aromatic heterocycles.